The van der Waals surface area contributed by atoms with Gasteiger partial charge in [-0.3, -0.25) is 4.68 Å². The average molecular weight is 261 g/mol. The van der Waals surface area contributed by atoms with Crippen molar-refractivity contribution in [2.75, 3.05) is 11.5 Å². The molecule has 1 N–H and O–H groups in total. The first-order valence-electron chi connectivity index (χ1n) is 5.77. The Hall–Kier alpha value is -0.950. The highest BCUT2D eigenvalue weighted by Gasteiger charge is 2.10. The number of nitrogens with zero attached hydrogens (tertiary/aromatic N) is 3. The van der Waals surface area contributed by atoms with Crippen LogP contribution in [0.15, 0.2) is 6.20 Å². The predicted octanol–water partition coefficient (Wildman–Crippen LogP) is 0.546. The lowest BCUT2D eigenvalue weighted by Gasteiger charge is -2.02. The SMILES string of the molecule is CCC(O)c1cn(CCCS(=O)(=O)CC)nn1. The summed E-state index contributed by atoms with van der Waals surface area (Å²) < 4.78 is 24.1. The second-order valence-corrected chi connectivity index (χ2v) is 6.39. The summed E-state index contributed by atoms with van der Waals surface area (Å²) in [6, 6.07) is 0. The van der Waals surface area contributed by atoms with E-state index in [1.165, 1.54) is 0 Å². The van der Waals surface area contributed by atoms with Crippen molar-refractivity contribution in [3.8, 4) is 0 Å². The zero-order chi connectivity index (χ0) is 12.9. The average Bonchev–Trinajstić information content (AvgIpc) is 2.76. The molecule has 1 aromatic rings. The molecule has 1 aromatic heterocycles. The quantitative estimate of drug-likeness (QED) is 0.774. The minimum Gasteiger partial charge on any atom is -0.387 e. The zero-order valence-corrected chi connectivity index (χ0v) is 11.0. The van der Waals surface area contributed by atoms with Crippen LogP contribution in [0, 0.1) is 0 Å². The molecular formula is C10H19N3O3S. The van der Waals surface area contributed by atoms with Gasteiger partial charge in [0.15, 0.2) is 0 Å². The molecule has 1 unspecified atom stereocenters. The number of rotatable bonds is 7. The third-order valence-electron chi connectivity index (χ3n) is 2.57. The molecule has 0 saturated carbocycles. The minimum atomic E-state index is -2.91. The first-order chi connectivity index (χ1) is 7.98. The Morgan fingerprint density at radius 3 is 2.76 bits per heavy atom. The monoisotopic (exact) mass is 261 g/mol. The molecule has 0 spiro atoms. The lowest BCUT2D eigenvalue weighted by atomic mass is 10.2. The van der Waals surface area contributed by atoms with Gasteiger partial charge in [0.1, 0.15) is 15.5 Å². The number of sulfone groups is 1. The van der Waals surface area contributed by atoms with Crippen LogP contribution in [0.3, 0.4) is 0 Å². The van der Waals surface area contributed by atoms with E-state index < -0.39 is 15.9 Å². The van der Waals surface area contributed by atoms with Gasteiger partial charge in [-0.2, -0.15) is 0 Å². The van der Waals surface area contributed by atoms with Crippen LogP contribution in [0.1, 0.15) is 38.5 Å². The molecule has 6 nitrogen and oxygen atoms in total. The van der Waals surface area contributed by atoms with Crippen LogP contribution in [-0.2, 0) is 16.4 Å². The minimum absolute atomic E-state index is 0.162. The van der Waals surface area contributed by atoms with Crippen LogP contribution >= 0.6 is 0 Å². The first kappa shape index (κ1) is 14.1. The summed E-state index contributed by atoms with van der Waals surface area (Å²) in [4.78, 5) is 0. The van der Waals surface area contributed by atoms with Crippen LogP contribution in [0.2, 0.25) is 0 Å². The van der Waals surface area contributed by atoms with Gasteiger partial charge in [-0.05, 0) is 12.8 Å². The summed E-state index contributed by atoms with van der Waals surface area (Å²) in [6.07, 6.45) is 2.17. The largest absolute Gasteiger partial charge is 0.387 e. The van der Waals surface area contributed by atoms with E-state index in [0.717, 1.165) is 0 Å². The highest BCUT2D eigenvalue weighted by atomic mass is 32.2. The second-order valence-electron chi connectivity index (χ2n) is 3.92. The number of hydrogen-bond donors (Lipinski definition) is 1. The predicted molar refractivity (Wildman–Crippen MR) is 64.2 cm³/mol. The molecule has 17 heavy (non-hydrogen) atoms. The van der Waals surface area contributed by atoms with Crippen molar-refractivity contribution in [1.82, 2.24) is 15.0 Å². The third kappa shape index (κ3) is 4.43. The molecular weight excluding hydrogens is 242 g/mol. The van der Waals surface area contributed by atoms with Gasteiger partial charge in [-0.15, -0.1) is 5.10 Å². The van der Waals surface area contributed by atoms with Crippen LogP contribution in [0.5, 0.6) is 0 Å². The van der Waals surface area contributed by atoms with E-state index in [1.54, 1.807) is 17.8 Å². The highest BCUT2D eigenvalue weighted by molar-refractivity contribution is 7.91. The van der Waals surface area contributed by atoms with E-state index in [0.29, 0.717) is 25.1 Å². The normalized spacial score (nSPS) is 13.8. The highest BCUT2D eigenvalue weighted by Crippen LogP contribution is 2.11. The molecule has 7 heteroatoms. The Balaban J connectivity index is 2.45. The van der Waals surface area contributed by atoms with Crippen molar-refractivity contribution in [2.45, 2.75) is 39.3 Å². The standard InChI is InChI=1S/C10H19N3O3S/c1-3-10(14)9-8-13(12-11-9)6-5-7-17(15,16)4-2/h8,10,14H,3-7H2,1-2H3. The smallest absolute Gasteiger partial charge is 0.150 e. The topological polar surface area (TPSA) is 85.1 Å². The molecule has 0 saturated heterocycles. The Morgan fingerprint density at radius 1 is 1.47 bits per heavy atom. The van der Waals surface area contributed by atoms with Crippen molar-refractivity contribution >= 4 is 9.84 Å². The van der Waals surface area contributed by atoms with E-state index in [2.05, 4.69) is 10.3 Å². The second kappa shape index (κ2) is 6.11. The van der Waals surface area contributed by atoms with Gasteiger partial charge in [-0.25, -0.2) is 8.42 Å². The Kier molecular flexibility index (Phi) is 5.07. The Bertz CT molecular complexity index is 441. The summed E-state index contributed by atoms with van der Waals surface area (Å²) in [5, 5.41) is 17.2. The van der Waals surface area contributed by atoms with Crippen LogP contribution in [-0.4, -0.2) is 40.0 Å². The van der Waals surface area contributed by atoms with Gasteiger partial charge in [0.05, 0.1) is 18.1 Å². The number of aryl methyl sites for hydroxylation is 1. The molecule has 0 aliphatic heterocycles. The molecule has 0 aliphatic carbocycles. The van der Waals surface area contributed by atoms with Crippen molar-refractivity contribution in [3.63, 3.8) is 0 Å². The van der Waals surface area contributed by atoms with Crippen LogP contribution in [0.25, 0.3) is 0 Å². The number of aliphatic hydroxyl groups is 1. The van der Waals surface area contributed by atoms with E-state index in [9.17, 15) is 13.5 Å². The van der Waals surface area contributed by atoms with Crippen LogP contribution < -0.4 is 0 Å². The number of aromatic nitrogens is 3. The number of hydrogen-bond acceptors (Lipinski definition) is 5. The van der Waals surface area contributed by atoms with E-state index in [1.807, 2.05) is 6.92 Å². The summed E-state index contributed by atoms with van der Waals surface area (Å²) in [5.41, 5.74) is 0.533. The third-order valence-corrected chi connectivity index (χ3v) is 4.36. The molecule has 1 rings (SSSR count). The molecule has 1 heterocycles. The van der Waals surface area contributed by atoms with Gasteiger partial charge in [0.2, 0.25) is 0 Å². The maximum atomic E-state index is 11.3. The van der Waals surface area contributed by atoms with Crippen LogP contribution in [0.4, 0.5) is 0 Å². The van der Waals surface area contributed by atoms with Gasteiger partial charge in [-0.1, -0.05) is 19.1 Å². The van der Waals surface area contributed by atoms with E-state index >= 15 is 0 Å². The molecule has 0 amide bonds. The Labute approximate surface area is 102 Å². The fraction of sp³-hybridized carbons (Fsp3) is 0.800. The van der Waals surface area contributed by atoms with Crippen molar-refractivity contribution in [3.05, 3.63) is 11.9 Å². The van der Waals surface area contributed by atoms with Gasteiger partial charge in [0.25, 0.3) is 0 Å². The maximum absolute atomic E-state index is 11.3. The van der Waals surface area contributed by atoms with Crippen molar-refractivity contribution < 1.29 is 13.5 Å². The van der Waals surface area contributed by atoms with E-state index in [4.69, 9.17) is 0 Å². The lowest BCUT2D eigenvalue weighted by molar-refractivity contribution is 0.168. The summed E-state index contributed by atoms with van der Waals surface area (Å²) in [7, 11) is -2.91. The van der Waals surface area contributed by atoms with Crippen molar-refractivity contribution in [1.29, 1.82) is 0 Å². The lowest BCUT2D eigenvalue weighted by Crippen LogP contribution is -2.11. The summed E-state index contributed by atoms with van der Waals surface area (Å²) in [6.45, 7) is 4.00. The molecule has 1 atom stereocenters. The first-order valence-corrected chi connectivity index (χ1v) is 7.59. The van der Waals surface area contributed by atoms with E-state index in [-0.39, 0.29) is 11.5 Å². The van der Waals surface area contributed by atoms with Gasteiger partial charge in [0, 0.05) is 12.3 Å². The molecule has 0 aliphatic rings. The molecule has 0 fully saturated rings. The summed E-state index contributed by atoms with van der Waals surface area (Å²) >= 11 is 0. The molecule has 0 aromatic carbocycles. The Morgan fingerprint density at radius 2 is 2.18 bits per heavy atom. The van der Waals surface area contributed by atoms with Crippen molar-refractivity contribution in [2.24, 2.45) is 0 Å². The summed E-state index contributed by atoms with van der Waals surface area (Å²) in [5.74, 6) is 0.333. The maximum Gasteiger partial charge on any atom is 0.150 e. The number of aliphatic hydroxyl groups excluding tert-OH is 1. The molecule has 0 radical (unpaired) electrons. The fourth-order valence-electron chi connectivity index (χ4n) is 1.38. The molecule has 98 valence electrons. The molecule has 0 bridgehead atoms. The van der Waals surface area contributed by atoms with Gasteiger partial charge >= 0.3 is 0 Å². The zero-order valence-electron chi connectivity index (χ0n) is 10.2. The van der Waals surface area contributed by atoms with Gasteiger partial charge < -0.3 is 5.11 Å². The fourth-order valence-corrected chi connectivity index (χ4v) is 2.23.